The van der Waals surface area contributed by atoms with Crippen molar-refractivity contribution >= 4 is 17.6 Å². The molecule has 0 spiro atoms. The van der Waals surface area contributed by atoms with E-state index in [1.165, 1.54) is 17.7 Å². The van der Waals surface area contributed by atoms with E-state index in [-0.39, 0.29) is 5.56 Å². The van der Waals surface area contributed by atoms with Crippen LogP contribution >= 0.6 is 11.6 Å². The van der Waals surface area contributed by atoms with Gasteiger partial charge in [0.15, 0.2) is 0 Å². The maximum absolute atomic E-state index is 11.6. The lowest BCUT2D eigenvalue weighted by Crippen LogP contribution is -2.23. The summed E-state index contributed by atoms with van der Waals surface area (Å²) in [7, 11) is 1.52. The van der Waals surface area contributed by atoms with Crippen LogP contribution in [0.1, 0.15) is 10.4 Å². The second-order valence-corrected chi connectivity index (χ2v) is 4.31. The number of halogens is 1. The van der Waals surface area contributed by atoms with E-state index in [9.17, 15) is 9.59 Å². The number of nitrogens with zero attached hydrogens (tertiary/aromatic N) is 1. The minimum absolute atomic E-state index is 0.255. The van der Waals surface area contributed by atoms with Crippen molar-refractivity contribution in [3.05, 3.63) is 57.5 Å². The number of aryl methyl sites for hydroxylation is 1. The number of carboxylic acids is 1. The molecule has 0 aliphatic rings. The van der Waals surface area contributed by atoms with Gasteiger partial charge in [-0.2, -0.15) is 0 Å². The quantitative estimate of drug-likeness (QED) is 0.905. The summed E-state index contributed by atoms with van der Waals surface area (Å²) in [6.07, 6.45) is 1.58. The van der Waals surface area contributed by atoms with Crippen LogP contribution in [-0.2, 0) is 7.05 Å². The van der Waals surface area contributed by atoms with E-state index >= 15 is 0 Å². The van der Waals surface area contributed by atoms with Gasteiger partial charge in [0.05, 0.1) is 0 Å². The smallest absolute Gasteiger partial charge is 0.341 e. The van der Waals surface area contributed by atoms with Gasteiger partial charge in [0.1, 0.15) is 5.56 Å². The summed E-state index contributed by atoms with van der Waals surface area (Å²) in [4.78, 5) is 22.6. The van der Waals surface area contributed by atoms with Gasteiger partial charge in [-0.05, 0) is 29.3 Å². The zero-order valence-corrected chi connectivity index (χ0v) is 10.3. The van der Waals surface area contributed by atoms with Gasteiger partial charge >= 0.3 is 5.97 Å². The van der Waals surface area contributed by atoms with Crippen molar-refractivity contribution in [3.8, 4) is 11.1 Å². The molecule has 0 aliphatic carbocycles. The Morgan fingerprint density at radius 3 is 2.61 bits per heavy atom. The van der Waals surface area contributed by atoms with Crippen LogP contribution in [-0.4, -0.2) is 15.6 Å². The molecule has 0 saturated carbocycles. The third kappa shape index (κ3) is 2.28. The van der Waals surface area contributed by atoms with Crippen molar-refractivity contribution < 1.29 is 9.90 Å². The van der Waals surface area contributed by atoms with Crippen molar-refractivity contribution in [1.82, 2.24) is 4.57 Å². The molecule has 18 heavy (non-hydrogen) atoms. The highest BCUT2D eigenvalue weighted by atomic mass is 35.5. The van der Waals surface area contributed by atoms with Gasteiger partial charge in [0.2, 0.25) is 0 Å². The summed E-state index contributed by atoms with van der Waals surface area (Å²) >= 11 is 5.88. The molecule has 92 valence electrons. The minimum atomic E-state index is -1.24. The second-order valence-electron chi connectivity index (χ2n) is 3.87. The number of carboxylic acid groups (broad SMARTS) is 1. The number of aromatic nitrogens is 1. The van der Waals surface area contributed by atoms with Gasteiger partial charge in [0.25, 0.3) is 5.56 Å². The fourth-order valence-corrected chi connectivity index (χ4v) is 1.88. The molecule has 0 radical (unpaired) electrons. The van der Waals surface area contributed by atoms with Gasteiger partial charge in [-0.25, -0.2) is 4.79 Å². The van der Waals surface area contributed by atoms with Crippen molar-refractivity contribution in [2.45, 2.75) is 0 Å². The maximum Gasteiger partial charge on any atom is 0.341 e. The number of carbonyl (C=O) groups is 1. The SMILES string of the molecule is Cn1cc(-c2cccc(Cl)c2)cc(C(=O)O)c1=O. The molecule has 0 saturated heterocycles. The third-order valence-electron chi connectivity index (χ3n) is 2.57. The summed E-state index contributed by atoms with van der Waals surface area (Å²) in [5.41, 5.74) is 0.612. The molecule has 4 nitrogen and oxygen atoms in total. The molecule has 0 bridgehead atoms. The monoisotopic (exact) mass is 263 g/mol. The first-order valence-corrected chi connectivity index (χ1v) is 5.57. The van der Waals surface area contributed by atoms with E-state index in [1.54, 1.807) is 30.5 Å². The average molecular weight is 264 g/mol. The van der Waals surface area contributed by atoms with Crippen molar-refractivity contribution in [1.29, 1.82) is 0 Å². The Morgan fingerprint density at radius 2 is 2.00 bits per heavy atom. The lowest BCUT2D eigenvalue weighted by molar-refractivity contribution is 0.0694. The minimum Gasteiger partial charge on any atom is -0.477 e. The molecule has 0 amide bonds. The Kier molecular flexibility index (Phi) is 3.21. The molecule has 2 rings (SSSR count). The molecule has 0 aliphatic heterocycles. The van der Waals surface area contributed by atoms with E-state index in [0.29, 0.717) is 10.6 Å². The molecule has 1 aromatic carbocycles. The van der Waals surface area contributed by atoms with E-state index in [2.05, 4.69) is 0 Å². The highest BCUT2D eigenvalue weighted by molar-refractivity contribution is 6.30. The fraction of sp³-hybridized carbons (Fsp3) is 0.0769. The van der Waals surface area contributed by atoms with Crippen molar-refractivity contribution in [2.24, 2.45) is 7.05 Å². The summed E-state index contributed by atoms with van der Waals surface area (Å²) in [5, 5.41) is 9.53. The maximum atomic E-state index is 11.6. The van der Waals surface area contributed by atoms with Crippen LogP contribution < -0.4 is 5.56 Å². The topological polar surface area (TPSA) is 59.3 Å². The normalized spacial score (nSPS) is 10.3. The second kappa shape index (κ2) is 4.66. The van der Waals surface area contributed by atoms with Crippen LogP contribution in [0.5, 0.6) is 0 Å². The first-order valence-electron chi connectivity index (χ1n) is 5.19. The van der Waals surface area contributed by atoms with Gasteiger partial charge < -0.3 is 9.67 Å². The highest BCUT2D eigenvalue weighted by Crippen LogP contribution is 2.22. The van der Waals surface area contributed by atoms with E-state index < -0.39 is 11.5 Å². The number of hydrogen-bond acceptors (Lipinski definition) is 2. The fourth-order valence-electron chi connectivity index (χ4n) is 1.69. The predicted octanol–water partition coefficient (Wildman–Crippen LogP) is 2.40. The zero-order chi connectivity index (χ0) is 13.3. The Bertz CT molecular complexity index is 676. The van der Waals surface area contributed by atoms with Crippen LogP contribution in [0.25, 0.3) is 11.1 Å². The summed E-state index contributed by atoms with van der Waals surface area (Å²) in [6, 6.07) is 8.37. The van der Waals surface area contributed by atoms with Gasteiger partial charge in [-0.1, -0.05) is 23.7 Å². The third-order valence-corrected chi connectivity index (χ3v) is 2.81. The molecule has 0 fully saturated rings. The van der Waals surface area contributed by atoms with Gasteiger partial charge in [0, 0.05) is 18.3 Å². The van der Waals surface area contributed by atoms with Crippen molar-refractivity contribution in [3.63, 3.8) is 0 Å². The standard InChI is InChI=1S/C13H10ClNO3/c1-15-7-9(6-11(12(15)16)13(17)18)8-3-2-4-10(14)5-8/h2-7H,1H3,(H,17,18). The number of benzene rings is 1. The predicted molar refractivity (Wildman–Crippen MR) is 69.1 cm³/mol. The van der Waals surface area contributed by atoms with E-state index in [4.69, 9.17) is 16.7 Å². The largest absolute Gasteiger partial charge is 0.477 e. The van der Waals surface area contributed by atoms with Crippen LogP contribution in [0, 0.1) is 0 Å². The Balaban J connectivity index is 2.66. The molecule has 1 aromatic heterocycles. The molecule has 0 atom stereocenters. The molecule has 2 aromatic rings. The summed E-state index contributed by atoms with van der Waals surface area (Å²) < 4.78 is 1.25. The van der Waals surface area contributed by atoms with Crippen LogP contribution in [0.15, 0.2) is 41.3 Å². The van der Waals surface area contributed by atoms with Crippen molar-refractivity contribution in [2.75, 3.05) is 0 Å². The van der Waals surface area contributed by atoms with E-state index in [1.807, 2.05) is 0 Å². The van der Waals surface area contributed by atoms with Crippen LogP contribution in [0.2, 0.25) is 5.02 Å². The molecule has 0 unspecified atom stereocenters. The first kappa shape index (κ1) is 12.4. The Hall–Kier alpha value is -2.07. The lowest BCUT2D eigenvalue weighted by atomic mass is 10.1. The Labute approximate surface area is 108 Å². The molecular weight excluding hydrogens is 254 g/mol. The molecule has 5 heteroatoms. The molecular formula is C13H10ClNO3. The van der Waals surface area contributed by atoms with Gasteiger partial charge in [-0.3, -0.25) is 4.79 Å². The number of aromatic carboxylic acids is 1. The van der Waals surface area contributed by atoms with Crippen LogP contribution in [0.4, 0.5) is 0 Å². The van der Waals surface area contributed by atoms with Crippen LogP contribution in [0.3, 0.4) is 0 Å². The van der Waals surface area contributed by atoms with E-state index in [0.717, 1.165) is 5.56 Å². The summed E-state index contributed by atoms with van der Waals surface area (Å²) in [6.45, 7) is 0. The first-order chi connectivity index (χ1) is 8.49. The Morgan fingerprint density at radius 1 is 1.28 bits per heavy atom. The molecule has 1 heterocycles. The number of pyridine rings is 1. The average Bonchev–Trinajstić information content (AvgIpc) is 2.32. The highest BCUT2D eigenvalue weighted by Gasteiger charge is 2.12. The molecule has 1 N–H and O–H groups in total. The van der Waals surface area contributed by atoms with Gasteiger partial charge in [-0.15, -0.1) is 0 Å². The number of hydrogen-bond donors (Lipinski definition) is 1. The number of rotatable bonds is 2. The summed E-state index contributed by atoms with van der Waals surface area (Å²) in [5.74, 6) is -1.24. The zero-order valence-electron chi connectivity index (χ0n) is 9.55. The lowest BCUT2D eigenvalue weighted by Gasteiger charge is -2.06.